The van der Waals surface area contributed by atoms with Crippen molar-refractivity contribution >= 4 is 5.70 Å². The van der Waals surface area contributed by atoms with E-state index in [-0.39, 0.29) is 12.3 Å². The molecule has 1 N–H and O–H groups in total. The van der Waals surface area contributed by atoms with E-state index in [0.717, 1.165) is 47.8 Å². The Bertz CT molecular complexity index is 1070. The number of benzene rings is 3. The number of ether oxygens (including phenoxy) is 2. The first-order valence-electron chi connectivity index (χ1n) is 11.0. The quantitative estimate of drug-likeness (QED) is 0.491. The highest BCUT2D eigenvalue weighted by Crippen LogP contribution is 2.45. The van der Waals surface area contributed by atoms with Crippen LogP contribution in [0.2, 0.25) is 0 Å². The summed E-state index contributed by atoms with van der Waals surface area (Å²) in [4.78, 5) is 0. The van der Waals surface area contributed by atoms with Crippen molar-refractivity contribution < 1.29 is 9.47 Å². The molecule has 0 aliphatic carbocycles. The van der Waals surface area contributed by atoms with Crippen LogP contribution < -0.4 is 14.9 Å². The SMILES string of the molecule is CCCCOc1ccc(C2=C[C@H]3c4ccccc4O[C@H](c4ccc(C)cc4)N3N2)cc1. The Balaban J connectivity index is 1.44. The van der Waals surface area contributed by atoms with Crippen LogP contribution >= 0.6 is 0 Å². The van der Waals surface area contributed by atoms with Crippen LogP contribution in [0.3, 0.4) is 0 Å². The molecule has 0 saturated carbocycles. The van der Waals surface area contributed by atoms with Gasteiger partial charge in [0.25, 0.3) is 0 Å². The van der Waals surface area contributed by atoms with Gasteiger partial charge in [0.05, 0.1) is 18.3 Å². The number of rotatable bonds is 6. The van der Waals surface area contributed by atoms with Crippen LogP contribution in [0.4, 0.5) is 0 Å². The molecule has 0 saturated heterocycles. The van der Waals surface area contributed by atoms with Crippen LogP contribution in [0.25, 0.3) is 5.70 Å². The fourth-order valence-corrected chi connectivity index (χ4v) is 4.12. The molecule has 0 amide bonds. The minimum Gasteiger partial charge on any atom is -0.494 e. The van der Waals surface area contributed by atoms with E-state index in [1.54, 1.807) is 0 Å². The van der Waals surface area contributed by atoms with E-state index >= 15 is 0 Å². The zero-order valence-electron chi connectivity index (χ0n) is 18.0. The topological polar surface area (TPSA) is 33.7 Å². The number of unbranched alkanes of at least 4 members (excludes halogenated alkanes) is 1. The number of nitrogens with zero attached hydrogens (tertiary/aromatic N) is 1. The average molecular weight is 413 g/mol. The molecule has 0 spiro atoms. The summed E-state index contributed by atoms with van der Waals surface area (Å²) >= 11 is 0. The van der Waals surface area contributed by atoms with Gasteiger partial charge in [-0.05, 0) is 55.3 Å². The first-order chi connectivity index (χ1) is 15.2. The van der Waals surface area contributed by atoms with Gasteiger partial charge in [-0.15, -0.1) is 0 Å². The number of aryl methyl sites for hydroxylation is 1. The van der Waals surface area contributed by atoms with Crippen LogP contribution in [-0.4, -0.2) is 11.6 Å². The highest BCUT2D eigenvalue weighted by atomic mass is 16.5. The molecule has 158 valence electrons. The highest BCUT2D eigenvalue weighted by molar-refractivity contribution is 5.68. The minimum absolute atomic E-state index is 0.103. The molecule has 3 aromatic rings. The Kier molecular flexibility index (Phi) is 5.39. The molecule has 4 heteroatoms. The Morgan fingerprint density at radius 1 is 0.968 bits per heavy atom. The average Bonchev–Trinajstić information content (AvgIpc) is 3.26. The molecular formula is C27H28N2O2. The van der Waals surface area contributed by atoms with Gasteiger partial charge in [0.2, 0.25) is 0 Å². The Hall–Kier alpha value is -3.24. The summed E-state index contributed by atoms with van der Waals surface area (Å²) in [6.45, 7) is 5.04. The van der Waals surface area contributed by atoms with E-state index < -0.39 is 0 Å². The van der Waals surface area contributed by atoms with Gasteiger partial charge in [-0.1, -0.05) is 61.4 Å². The fourth-order valence-electron chi connectivity index (χ4n) is 4.12. The number of hydrogen-bond donors (Lipinski definition) is 1. The second-order valence-electron chi connectivity index (χ2n) is 8.19. The summed E-state index contributed by atoms with van der Waals surface area (Å²) in [5.74, 6) is 1.85. The van der Waals surface area contributed by atoms with E-state index in [0.29, 0.717) is 0 Å². The lowest BCUT2D eigenvalue weighted by Crippen LogP contribution is -2.43. The van der Waals surface area contributed by atoms with Crippen LogP contribution in [0.5, 0.6) is 11.5 Å². The maximum Gasteiger partial charge on any atom is 0.195 e. The maximum absolute atomic E-state index is 6.44. The van der Waals surface area contributed by atoms with Crippen molar-refractivity contribution in [3.63, 3.8) is 0 Å². The van der Waals surface area contributed by atoms with Gasteiger partial charge in [-0.2, -0.15) is 5.01 Å². The molecular weight excluding hydrogens is 384 g/mol. The second-order valence-corrected chi connectivity index (χ2v) is 8.19. The van der Waals surface area contributed by atoms with Crippen molar-refractivity contribution in [2.45, 2.75) is 39.0 Å². The summed E-state index contributed by atoms with van der Waals surface area (Å²) in [5, 5.41) is 2.20. The van der Waals surface area contributed by atoms with E-state index in [1.807, 2.05) is 18.2 Å². The monoisotopic (exact) mass is 412 g/mol. The summed E-state index contributed by atoms with van der Waals surface area (Å²) in [6.07, 6.45) is 4.30. The Labute approximate surface area is 184 Å². The molecule has 5 rings (SSSR count). The van der Waals surface area contributed by atoms with Crippen molar-refractivity contribution in [2.75, 3.05) is 6.61 Å². The smallest absolute Gasteiger partial charge is 0.195 e. The third kappa shape index (κ3) is 3.91. The first-order valence-corrected chi connectivity index (χ1v) is 11.0. The van der Waals surface area contributed by atoms with Gasteiger partial charge < -0.3 is 14.9 Å². The minimum atomic E-state index is -0.203. The molecule has 2 heterocycles. The Morgan fingerprint density at radius 3 is 2.52 bits per heavy atom. The van der Waals surface area contributed by atoms with Gasteiger partial charge in [0, 0.05) is 11.1 Å². The molecule has 2 aliphatic rings. The van der Waals surface area contributed by atoms with E-state index in [4.69, 9.17) is 9.47 Å². The van der Waals surface area contributed by atoms with Crippen LogP contribution in [0.15, 0.2) is 78.9 Å². The summed E-state index contributed by atoms with van der Waals surface area (Å²) in [7, 11) is 0. The maximum atomic E-state index is 6.44. The Morgan fingerprint density at radius 2 is 1.74 bits per heavy atom. The molecule has 4 nitrogen and oxygen atoms in total. The third-order valence-electron chi connectivity index (χ3n) is 5.90. The predicted octanol–water partition coefficient (Wildman–Crippen LogP) is 6.17. The van der Waals surface area contributed by atoms with Crippen LogP contribution in [0.1, 0.15) is 54.3 Å². The lowest BCUT2D eigenvalue weighted by Gasteiger charge is -2.39. The lowest BCUT2D eigenvalue weighted by molar-refractivity contribution is -0.0326. The number of hydrogen-bond acceptors (Lipinski definition) is 4. The first kappa shape index (κ1) is 19.7. The molecule has 3 aromatic carbocycles. The zero-order valence-corrected chi connectivity index (χ0v) is 18.0. The predicted molar refractivity (Wildman–Crippen MR) is 124 cm³/mol. The molecule has 0 aromatic heterocycles. The normalized spacial score (nSPS) is 19.6. The second kappa shape index (κ2) is 8.48. The molecule has 2 atom stereocenters. The number of nitrogens with one attached hydrogen (secondary N) is 1. The third-order valence-corrected chi connectivity index (χ3v) is 5.90. The molecule has 0 bridgehead atoms. The van der Waals surface area contributed by atoms with Crippen molar-refractivity contribution in [3.05, 3.63) is 101 Å². The molecule has 0 unspecified atom stereocenters. The van der Waals surface area contributed by atoms with Gasteiger partial charge >= 0.3 is 0 Å². The molecule has 31 heavy (non-hydrogen) atoms. The van der Waals surface area contributed by atoms with Gasteiger partial charge in [0.15, 0.2) is 6.23 Å². The standard InChI is InChI=1S/C27H28N2O2/c1-3-4-17-30-22-15-13-20(14-16-22)24-18-25-23-7-5-6-8-26(23)31-27(29(25)28-24)21-11-9-19(2)10-12-21/h5-16,18,25,27-28H,3-4,17H2,1-2H3/t25-,27+/m0/s1. The van der Waals surface area contributed by atoms with E-state index in [9.17, 15) is 0 Å². The van der Waals surface area contributed by atoms with Crippen LogP contribution in [-0.2, 0) is 0 Å². The van der Waals surface area contributed by atoms with Gasteiger partial charge in [-0.3, -0.25) is 0 Å². The molecule has 0 radical (unpaired) electrons. The zero-order chi connectivity index (χ0) is 21.2. The van der Waals surface area contributed by atoms with E-state index in [1.165, 1.54) is 11.1 Å². The van der Waals surface area contributed by atoms with Crippen LogP contribution in [0, 0.1) is 6.92 Å². The molecule has 2 aliphatic heterocycles. The highest BCUT2D eigenvalue weighted by Gasteiger charge is 2.39. The van der Waals surface area contributed by atoms with Crippen molar-refractivity contribution in [3.8, 4) is 11.5 Å². The van der Waals surface area contributed by atoms with Crippen molar-refractivity contribution in [1.29, 1.82) is 0 Å². The largest absolute Gasteiger partial charge is 0.494 e. The number of para-hydroxylation sites is 1. The van der Waals surface area contributed by atoms with Crippen molar-refractivity contribution in [2.24, 2.45) is 0 Å². The van der Waals surface area contributed by atoms with Gasteiger partial charge in [0.1, 0.15) is 11.5 Å². The van der Waals surface area contributed by atoms with Crippen molar-refractivity contribution in [1.82, 2.24) is 10.4 Å². The number of hydrazine groups is 1. The summed E-state index contributed by atoms with van der Waals surface area (Å²) in [5.41, 5.74) is 9.38. The fraction of sp³-hybridized carbons (Fsp3) is 0.259. The van der Waals surface area contributed by atoms with Gasteiger partial charge in [-0.25, -0.2) is 0 Å². The summed E-state index contributed by atoms with van der Waals surface area (Å²) < 4.78 is 12.3. The van der Waals surface area contributed by atoms with E-state index in [2.05, 4.69) is 85.0 Å². The molecule has 0 fully saturated rings. The summed E-state index contributed by atoms with van der Waals surface area (Å²) in [6, 6.07) is 25.3. The number of fused-ring (bicyclic) bond motifs is 3. The lowest BCUT2D eigenvalue weighted by atomic mass is 10.0.